The Labute approximate surface area is 203 Å². The maximum absolute atomic E-state index is 10.0. The molecule has 6 heteroatoms. The first-order valence-corrected chi connectivity index (χ1v) is 11.5. The number of fused-ring (bicyclic) bond motifs is 3. The van der Waals surface area contributed by atoms with Gasteiger partial charge in [-0.3, -0.25) is 4.79 Å². The molecule has 0 aliphatic rings. The van der Waals surface area contributed by atoms with Crippen LogP contribution < -0.4 is 0 Å². The third-order valence-electron chi connectivity index (χ3n) is 4.97. The topological polar surface area (TPSA) is 63.3 Å². The average Bonchev–Trinajstić information content (AvgIpc) is 3.05. The molecule has 3 heterocycles. The molecular formula is C26H18IrNO3Se-. The summed E-state index contributed by atoms with van der Waals surface area (Å²) in [7, 11) is 0. The SMILES string of the molecule is CC(=O)/C=C(/C)O.[Ir].[c-]1ccc2[se]c3cccc4oc5cc6ccccc6nc5c1c2c43. The van der Waals surface area contributed by atoms with Gasteiger partial charge in [0.05, 0.1) is 5.76 Å². The molecule has 1 radical (unpaired) electrons. The van der Waals surface area contributed by atoms with E-state index in [-0.39, 0.29) is 31.6 Å². The molecule has 6 aromatic rings. The van der Waals surface area contributed by atoms with Crippen LogP contribution in [0.5, 0.6) is 0 Å². The average molecular weight is 664 g/mol. The Bertz CT molecular complexity index is 1640. The second kappa shape index (κ2) is 9.01. The summed E-state index contributed by atoms with van der Waals surface area (Å²) in [6.45, 7) is 2.85. The minimum atomic E-state index is -0.125. The number of ketones is 1. The molecule has 1 N–H and O–H groups in total. The molecule has 3 aromatic carbocycles. The Hall–Kier alpha value is -2.75. The second-order valence-corrected chi connectivity index (χ2v) is 9.62. The number of aliphatic hydroxyl groups is 1. The van der Waals surface area contributed by atoms with E-state index < -0.39 is 0 Å². The van der Waals surface area contributed by atoms with Crippen LogP contribution in [-0.4, -0.2) is 30.4 Å². The Morgan fingerprint density at radius 3 is 2.56 bits per heavy atom. The van der Waals surface area contributed by atoms with Crippen LogP contribution in [0.2, 0.25) is 0 Å². The van der Waals surface area contributed by atoms with Crippen LogP contribution in [0.15, 0.2) is 76.9 Å². The van der Waals surface area contributed by atoms with Crippen LogP contribution in [0.25, 0.3) is 52.3 Å². The van der Waals surface area contributed by atoms with Crippen LogP contribution in [0.4, 0.5) is 0 Å². The summed E-state index contributed by atoms with van der Waals surface area (Å²) in [4.78, 5) is 14.9. The molecule has 0 unspecified atom stereocenters. The summed E-state index contributed by atoms with van der Waals surface area (Å²) in [6, 6.07) is 24.3. The van der Waals surface area contributed by atoms with E-state index in [9.17, 15) is 4.79 Å². The predicted octanol–water partition coefficient (Wildman–Crippen LogP) is 6.33. The van der Waals surface area contributed by atoms with Crippen molar-refractivity contribution in [3.05, 3.63) is 78.6 Å². The fourth-order valence-electron chi connectivity index (χ4n) is 3.81. The molecule has 0 saturated heterocycles. The first-order chi connectivity index (χ1) is 15.0. The number of rotatable bonds is 1. The van der Waals surface area contributed by atoms with Crippen LogP contribution >= 0.6 is 0 Å². The molecule has 0 saturated carbocycles. The Balaban J connectivity index is 0.000000271. The number of carbonyl (C=O) groups excluding carboxylic acids is 1. The minimum absolute atomic E-state index is 0. The van der Waals surface area contributed by atoms with E-state index in [1.54, 1.807) is 0 Å². The van der Waals surface area contributed by atoms with Crippen molar-refractivity contribution >= 4 is 72.6 Å². The summed E-state index contributed by atoms with van der Waals surface area (Å²) < 4.78 is 9.11. The monoisotopic (exact) mass is 665 g/mol. The van der Waals surface area contributed by atoms with Crippen LogP contribution in [-0.2, 0) is 24.9 Å². The number of aliphatic hydroxyl groups excluding tert-OH is 1. The zero-order chi connectivity index (χ0) is 21.5. The first-order valence-electron chi connectivity index (χ1n) is 9.83. The van der Waals surface area contributed by atoms with Crippen LogP contribution in [0.3, 0.4) is 0 Å². The molecule has 32 heavy (non-hydrogen) atoms. The van der Waals surface area contributed by atoms with Gasteiger partial charge in [-0.15, -0.1) is 0 Å². The predicted molar refractivity (Wildman–Crippen MR) is 127 cm³/mol. The van der Waals surface area contributed by atoms with Gasteiger partial charge in [0.25, 0.3) is 0 Å². The van der Waals surface area contributed by atoms with Crippen molar-refractivity contribution < 1.29 is 34.4 Å². The van der Waals surface area contributed by atoms with Gasteiger partial charge >= 0.3 is 143 Å². The van der Waals surface area contributed by atoms with Gasteiger partial charge in [-0.05, 0) is 13.8 Å². The molecule has 0 spiro atoms. The molecular weight excluding hydrogens is 645 g/mol. The quantitative estimate of drug-likeness (QED) is 0.0967. The number of benzene rings is 3. The number of hydrogen-bond donors (Lipinski definition) is 1. The van der Waals surface area contributed by atoms with Crippen molar-refractivity contribution in [1.29, 1.82) is 0 Å². The number of aromatic nitrogens is 1. The van der Waals surface area contributed by atoms with E-state index in [4.69, 9.17) is 14.5 Å². The zero-order valence-electron chi connectivity index (χ0n) is 17.3. The fraction of sp³-hybridized carbons (Fsp3) is 0.0769. The van der Waals surface area contributed by atoms with Crippen molar-refractivity contribution in [2.24, 2.45) is 0 Å². The first kappa shape index (κ1) is 22.4. The number of carbonyl (C=O) groups is 1. The summed E-state index contributed by atoms with van der Waals surface area (Å²) >= 11 is 0.322. The number of allylic oxidation sites excluding steroid dienone is 2. The summed E-state index contributed by atoms with van der Waals surface area (Å²) in [5.74, 6) is -0.0625. The number of hydrogen-bond acceptors (Lipinski definition) is 4. The Morgan fingerprint density at radius 2 is 1.81 bits per heavy atom. The molecule has 3 aromatic heterocycles. The molecule has 0 bridgehead atoms. The van der Waals surface area contributed by atoms with Crippen molar-refractivity contribution in [2.45, 2.75) is 13.8 Å². The van der Waals surface area contributed by atoms with Gasteiger partial charge in [-0.25, -0.2) is 0 Å². The molecule has 0 fully saturated rings. The normalized spacial score (nSPS) is 11.6. The third-order valence-corrected chi connectivity index (χ3v) is 7.32. The van der Waals surface area contributed by atoms with Crippen molar-refractivity contribution in [1.82, 2.24) is 4.98 Å². The summed E-state index contributed by atoms with van der Waals surface area (Å²) in [5.41, 5.74) is 3.63. The molecule has 0 aliphatic carbocycles. The van der Waals surface area contributed by atoms with E-state index >= 15 is 0 Å². The van der Waals surface area contributed by atoms with Gasteiger partial charge in [-0.1, -0.05) is 0 Å². The van der Waals surface area contributed by atoms with Crippen molar-refractivity contribution in [2.75, 3.05) is 0 Å². The fourth-order valence-corrected chi connectivity index (χ4v) is 6.18. The number of nitrogens with zero attached hydrogens (tertiary/aromatic N) is 1. The molecule has 0 amide bonds. The molecule has 4 nitrogen and oxygen atoms in total. The van der Waals surface area contributed by atoms with Crippen molar-refractivity contribution in [3.8, 4) is 0 Å². The number of para-hydroxylation sites is 1. The summed E-state index contributed by atoms with van der Waals surface area (Å²) in [6.07, 6.45) is 1.17. The van der Waals surface area contributed by atoms with E-state index in [1.165, 1.54) is 39.2 Å². The van der Waals surface area contributed by atoms with E-state index in [1.807, 2.05) is 24.3 Å². The van der Waals surface area contributed by atoms with Gasteiger partial charge in [0.2, 0.25) is 0 Å². The van der Waals surface area contributed by atoms with Crippen LogP contribution in [0.1, 0.15) is 13.8 Å². The molecule has 0 atom stereocenters. The molecule has 0 aliphatic heterocycles. The maximum atomic E-state index is 10.0. The van der Waals surface area contributed by atoms with Gasteiger partial charge in [0, 0.05) is 26.2 Å². The van der Waals surface area contributed by atoms with Gasteiger partial charge in [0.1, 0.15) is 0 Å². The molecule has 6 rings (SSSR count). The third kappa shape index (κ3) is 4.03. The summed E-state index contributed by atoms with van der Waals surface area (Å²) in [5, 5.41) is 13.0. The number of pyridine rings is 1. The van der Waals surface area contributed by atoms with E-state index in [0.29, 0.717) is 14.5 Å². The Kier molecular flexibility index (Phi) is 6.32. The second-order valence-electron chi connectivity index (χ2n) is 7.35. The van der Waals surface area contributed by atoms with Crippen LogP contribution in [0, 0.1) is 6.07 Å². The Morgan fingerprint density at radius 1 is 1.03 bits per heavy atom. The van der Waals surface area contributed by atoms with Crippen molar-refractivity contribution in [3.63, 3.8) is 0 Å². The van der Waals surface area contributed by atoms with E-state index in [0.717, 1.165) is 33.0 Å². The van der Waals surface area contributed by atoms with Gasteiger partial charge < -0.3 is 5.11 Å². The molecule has 161 valence electrons. The van der Waals surface area contributed by atoms with Gasteiger partial charge in [-0.2, -0.15) is 0 Å². The van der Waals surface area contributed by atoms with E-state index in [2.05, 4.69) is 42.5 Å². The zero-order valence-corrected chi connectivity index (χ0v) is 21.4. The van der Waals surface area contributed by atoms with Gasteiger partial charge in [0.15, 0.2) is 5.78 Å². The standard InChI is InChI=1S/C21H10NOSe.C5H8O2.Ir/c1-2-7-14-12(5-1)11-16-21(22-14)13-6-3-9-17-19(13)20-15(23-16)8-4-10-18(20)24-17;1-4(6)3-5(2)7;/h1-5,7-11H;3,6H,1-2H3;/q-1;;/b;4-3-;.